The number of hydrogen-bond acceptors (Lipinski definition) is 4. The molecule has 5 nitrogen and oxygen atoms in total. The number of piperidine rings is 1. The molecule has 8 heteroatoms. The van der Waals surface area contributed by atoms with E-state index in [0.717, 1.165) is 0 Å². The van der Waals surface area contributed by atoms with E-state index in [2.05, 4.69) is 5.87 Å². The van der Waals surface area contributed by atoms with Crippen molar-refractivity contribution in [1.82, 2.24) is 4.90 Å². The lowest BCUT2D eigenvalue weighted by molar-refractivity contribution is -0.0220. The smallest absolute Gasteiger partial charge is 0.256 e. The minimum atomic E-state index is -2.65. The van der Waals surface area contributed by atoms with Gasteiger partial charge in [-0.1, -0.05) is 0 Å². The number of halogens is 2. The highest BCUT2D eigenvalue weighted by Gasteiger charge is 2.35. The molecule has 25 heavy (non-hydrogen) atoms. The van der Waals surface area contributed by atoms with Gasteiger partial charge in [0.05, 0.1) is 11.3 Å². The zero-order chi connectivity index (χ0) is 18.2. The Morgan fingerprint density at radius 2 is 1.76 bits per heavy atom. The van der Waals surface area contributed by atoms with Crippen molar-refractivity contribution < 1.29 is 17.8 Å². The second kappa shape index (κ2) is 6.48. The van der Waals surface area contributed by atoms with Crippen molar-refractivity contribution in [2.45, 2.75) is 18.8 Å². The molecule has 1 aromatic rings. The van der Waals surface area contributed by atoms with Gasteiger partial charge in [-0.05, 0) is 33.6 Å². The molecule has 2 N–H and O–H groups in total. The van der Waals surface area contributed by atoms with E-state index in [0.29, 0.717) is 41.5 Å². The van der Waals surface area contributed by atoms with Gasteiger partial charge < -0.3 is 15.5 Å². The molecule has 1 amide bonds. The van der Waals surface area contributed by atoms with Crippen molar-refractivity contribution >= 4 is 32.7 Å². The summed E-state index contributed by atoms with van der Waals surface area (Å²) in [6.45, 7) is 1.15. The van der Waals surface area contributed by atoms with Gasteiger partial charge in [-0.15, -0.1) is 0 Å². The lowest BCUT2D eigenvalue weighted by Gasteiger charge is -2.35. The van der Waals surface area contributed by atoms with Gasteiger partial charge >= 0.3 is 0 Å². The molecule has 0 bridgehead atoms. The van der Waals surface area contributed by atoms with Gasteiger partial charge in [-0.3, -0.25) is 9.00 Å². The van der Waals surface area contributed by atoms with Gasteiger partial charge in [0.2, 0.25) is 0 Å². The van der Waals surface area contributed by atoms with Gasteiger partial charge in [0.1, 0.15) is 0 Å². The van der Waals surface area contributed by atoms with Crippen LogP contribution in [0.4, 0.5) is 20.2 Å². The molecule has 2 aliphatic rings. The summed E-state index contributed by atoms with van der Waals surface area (Å²) in [5.41, 5.74) is 7.40. The molecule has 3 rings (SSSR count). The number of anilines is 2. The van der Waals surface area contributed by atoms with E-state index in [4.69, 9.17) is 5.73 Å². The first kappa shape index (κ1) is 18.0. The lowest BCUT2D eigenvalue weighted by atomic mass is 10.0. The number of amides is 1. The predicted octanol–water partition coefficient (Wildman–Crippen LogP) is 1.68. The van der Waals surface area contributed by atoms with Crippen molar-refractivity contribution in [3.05, 3.63) is 23.8 Å². The molecule has 0 atom stereocenters. The molecule has 0 aliphatic carbocycles. The van der Waals surface area contributed by atoms with E-state index in [1.165, 1.54) is 0 Å². The van der Waals surface area contributed by atoms with Gasteiger partial charge in [0.25, 0.3) is 11.8 Å². The minimum Gasteiger partial charge on any atom is -0.399 e. The fourth-order valence-corrected chi connectivity index (χ4v) is 4.52. The standard InChI is InChI=1S/C17H23F2N3O2S/c1-25(24)10-8-22(9-11-25)16(23)14-3-2-13(20)12-15(14)21-6-4-17(18,19)5-7-21/h2-3,12H,1,4-11,20H2. The van der Waals surface area contributed by atoms with E-state index in [1.54, 1.807) is 28.0 Å². The third-order valence-electron chi connectivity index (χ3n) is 4.84. The Bertz CT molecular complexity index is 756. The third kappa shape index (κ3) is 4.05. The summed E-state index contributed by atoms with van der Waals surface area (Å²) in [6.07, 6.45) is -0.467. The molecule has 0 aromatic heterocycles. The average Bonchev–Trinajstić information content (AvgIpc) is 2.54. The molecule has 0 unspecified atom stereocenters. The number of rotatable bonds is 2. The Balaban J connectivity index is 1.83. The molecule has 0 radical (unpaired) electrons. The molecule has 2 saturated heterocycles. The van der Waals surface area contributed by atoms with Crippen LogP contribution >= 0.6 is 0 Å². The number of nitrogens with zero attached hydrogens (tertiary/aromatic N) is 2. The maximum atomic E-state index is 13.4. The summed E-state index contributed by atoms with van der Waals surface area (Å²) in [4.78, 5) is 16.4. The molecule has 2 heterocycles. The number of carbonyl (C=O) groups excluding carboxylic acids is 1. The first-order valence-corrected chi connectivity index (χ1v) is 10.4. The van der Waals surface area contributed by atoms with Crippen molar-refractivity contribution in [1.29, 1.82) is 0 Å². The van der Waals surface area contributed by atoms with Crippen molar-refractivity contribution in [3.63, 3.8) is 0 Å². The van der Waals surface area contributed by atoms with E-state index >= 15 is 0 Å². The molecule has 2 fully saturated rings. The fraction of sp³-hybridized carbons (Fsp3) is 0.529. The Labute approximate surface area is 146 Å². The highest BCUT2D eigenvalue weighted by Crippen LogP contribution is 2.33. The first-order chi connectivity index (χ1) is 11.7. The third-order valence-corrected chi connectivity index (χ3v) is 6.69. The monoisotopic (exact) mass is 371 g/mol. The molecular weight excluding hydrogens is 348 g/mol. The number of benzene rings is 1. The Hall–Kier alpha value is -1.83. The molecule has 2 aliphatic heterocycles. The van der Waals surface area contributed by atoms with Crippen LogP contribution in [-0.4, -0.2) is 64.5 Å². The van der Waals surface area contributed by atoms with Crippen LogP contribution < -0.4 is 10.6 Å². The Morgan fingerprint density at radius 3 is 2.36 bits per heavy atom. The summed E-state index contributed by atoms with van der Waals surface area (Å²) >= 11 is 0. The summed E-state index contributed by atoms with van der Waals surface area (Å²) in [5.74, 6) is 1.65. The van der Waals surface area contributed by atoms with Gasteiger partial charge in [0, 0.05) is 56.2 Å². The number of alkyl halides is 2. The van der Waals surface area contributed by atoms with Crippen LogP contribution in [0.5, 0.6) is 0 Å². The van der Waals surface area contributed by atoms with Crippen LogP contribution in [0.2, 0.25) is 0 Å². The van der Waals surface area contributed by atoms with E-state index in [9.17, 15) is 17.8 Å². The second-order valence-corrected chi connectivity index (χ2v) is 9.53. The van der Waals surface area contributed by atoms with Crippen LogP contribution in [0, 0.1) is 0 Å². The quantitative estimate of drug-likeness (QED) is 0.635. The van der Waals surface area contributed by atoms with Crippen molar-refractivity contribution in [3.8, 4) is 0 Å². The molecular formula is C17H23F2N3O2S. The summed E-state index contributed by atoms with van der Waals surface area (Å²) in [6, 6.07) is 4.96. The zero-order valence-corrected chi connectivity index (χ0v) is 14.9. The Kier molecular flexibility index (Phi) is 4.66. The molecule has 138 valence electrons. The number of nitrogens with two attached hydrogens (primary N) is 1. The maximum Gasteiger partial charge on any atom is 0.256 e. The summed E-state index contributed by atoms with van der Waals surface area (Å²) in [7, 11) is -2.09. The van der Waals surface area contributed by atoms with Crippen LogP contribution in [0.15, 0.2) is 18.2 Å². The maximum absolute atomic E-state index is 13.4. The van der Waals surface area contributed by atoms with Crippen molar-refractivity contribution in [2.75, 3.05) is 48.3 Å². The highest BCUT2D eigenvalue weighted by molar-refractivity contribution is 8.00. The van der Waals surface area contributed by atoms with Crippen LogP contribution in [0.3, 0.4) is 0 Å². The van der Waals surface area contributed by atoms with Crippen molar-refractivity contribution in [2.24, 2.45) is 0 Å². The largest absolute Gasteiger partial charge is 0.399 e. The minimum absolute atomic E-state index is 0.178. The number of nitrogen functional groups attached to an aromatic ring is 1. The SMILES string of the molecule is C=S1(=O)CCN(C(=O)c2ccc(N)cc2N2CCC(F)(F)CC2)CC1. The van der Waals surface area contributed by atoms with E-state index in [1.807, 2.05) is 0 Å². The predicted molar refractivity (Wildman–Crippen MR) is 98.1 cm³/mol. The van der Waals surface area contributed by atoms with Gasteiger partial charge in [-0.25, -0.2) is 8.78 Å². The average molecular weight is 371 g/mol. The van der Waals surface area contributed by atoms with Crippen LogP contribution in [-0.2, 0) is 9.52 Å². The fourth-order valence-electron chi connectivity index (χ4n) is 3.21. The molecule has 0 saturated carbocycles. The van der Waals surface area contributed by atoms with Crippen LogP contribution in [0.25, 0.3) is 0 Å². The van der Waals surface area contributed by atoms with Gasteiger partial charge in [0.15, 0.2) is 0 Å². The van der Waals surface area contributed by atoms with Crippen LogP contribution in [0.1, 0.15) is 23.2 Å². The summed E-state index contributed by atoms with van der Waals surface area (Å²) in [5, 5.41) is 0. The topological polar surface area (TPSA) is 66.6 Å². The highest BCUT2D eigenvalue weighted by atomic mass is 32.2. The molecule has 0 spiro atoms. The number of carbonyl (C=O) groups is 1. The lowest BCUT2D eigenvalue weighted by Crippen LogP contribution is -2.45. The molecule has 1 aromatic carbocycles. The normalized spacial score (nSPS) is 22.6. The van der Waals surface area contributed by atoms with Gasteiger partial charge in [-0.2, -0.15) is 0 Å². The Morgan fingerprint density at radius 1 is 1.16 bits per heavy atom. The second-order valence-electron chi connectivity index (χ2n) is 6.79. The van der Waals surface area contributed by atoms with E-state index in [-0.39, 0.29) is 31.8 Å². The number of hydrogen-bond donors (Lipinski definition) is 1. The summed E-state index contributed by atoms with van der Waals surface area (Å²) < 4.78 is 38.9. The first-order valence-electron chi connectivity index (χ1n) is 8.31. The zero-order valence-electron chi connectivity index (χ0n) is 14.0. The van der Waals surface area contributed by atoms with E-state index < -0.39 is 15.4 Å².